The zero-order valence-electron chi connectivity index (χ0n) is 16.2. The van der Waals surface area contributed by atoms with Crippen LogP contribution in [0.1, 0.15) is 31.7 Å². The number of carbonyl (C=O) groups excluding carboxylic acids is 1. The molecule has 0 spiro atoms. The number of esters is 1. The first-order chi connectivity index (χ1) is 13.6. The fraction of sp³-hybridized carbons (Fsp3) is 0.571. The maximum atomic E-state index is 13.3. The smallest absolute Gasteiger partial charge is 0.337 e. The maximum Gasteiger partial charge on any atom is 0.337 e. The highest BCUT2D eigenvalue weighted by molar-refractivity contribution is 5.88. The molecular weight excluding hydrogens is 365 g/mol. The van der Waals surface area contributed by atoms with Gasteiger partial charge in [-0.3, -0.25) is 0 Å². The molecule has 0 radical (unpaired) electrons. The molecule has 0 atom stereocenters. The van der Waals surface area contributed by atoms with Gasteiger partial charge in [0.15, 0.2) is 5.79 Å². The van der Waals surface area contributed by atoms with Gasteiger partial charge in [0, 0.05) is 18.0 Å². The van der Waals surface area contributed by atoms with Crippen molar-refractivity contribution in [1.82, 2.24) is 4.90 Å². The van der Waals surface area contributed by atoms with E-state index >= 15 is 0 Å². The number of nitrogens with zero attached hydrogens (tertiary/aromatic N) is 1. The molecule has 1 N–H and O–H groups in total. The van der Waals surface area contributed by atoms with Gasteiger partial charge in [0.05, 0.1) is 31.7 Å². The van der Waals surface area contributed by atoms with E-state index in [2.05, 4.69) is 4.90 Å². The zero-order valence-corrected chi connectivity index (χ0v) is 16.2. The van der Waals surface area contributed by atoms with E-state index in [0.717, 1.165) is 37.8 Å². The summed E-state index contributed by atoms with van der Waals surface area (Å²) < 4.78 is 30.4. The average molecular weight is 393 g/mol. The first-order valence-corrected chi connectivity index (χ1v) is 9.85. The third-order valence-corrected chi connectivity index (χ3v) is 5.48. The normalized spacial score (nSPS) is 21.0. The Morgan fingerprint density at radius 3 is 2.50 bits per heavy atom. The molecular formula is C21H28FNO5. The molecule has 0 bridgehead atoms. The van der Waals surface area contributed by atoms with Crippen molar-refractivity contribution < 1.29 is 28.5 Å². The Kier molecular flexibility index (Phi) is 7.04. The summed E-state index contributed by atoms with van der Waals surface area (Å²) >= 11 is 0. The van der Waals surface area contributed by atoms with Crippen molar-refractivity contribution in [2.75, 3.05) is 39.5 Å². The Balaban J connectivity index is 1.58. The van der Waals surface area contributed by atoms with E-state index in [4.69, 9.17) is 14.2 Å². The number of hydrogen-bond acceptors (Lipinski definition) is 6. The molecule has 2 aliphatic heterocycles. The standard InChI is InChI=1S/C21H28FNO5/c1-2-26-20(25)16(15-24)7-10-23-11-8-18(9-12-23)21(27-13-14-28-21)17-3-5-19(22)6-4-17/h3-6,15,18,24H,2,7-14H2,1H3. The first-order valence-electron chi connectivity index (χ1n) is 9.85. The summed E-state index contributed by atoms with van der Waals surface area (Å²) in [6.45, 7) is 5.42. The molecule has 1 aromatic carbocycles. The second kappa shape index (κ2) is 9.49. The Morgan fingerprint density at radius 2 is 1.93 bits per heavy atom. The molecule has 28 heavy (non-hydrogen) atoms. The number of carbonyl (C=O) groups is 1. The van der Waals surface area contributed by atoms with E-state index in [-0.39, 0.29) is 23.9 Å². The number of ether oxygens (including phenoxy) is 3. The van der Waals surface area contributed by atoms with E-state index in [1.54, 1.807) is 19.1 Å². The van der Waals surface area contributed by atoms with Crippen LogP contribution in [0, 0.1) is 11.7 Å². The van der Waals surface area contributed by atoms with Crippen molar-refractivity contribution in [3.8, 4) is 0 Å². The molecule has 2 heterocycles. The van der Waals surface area contributed by atoms with Crippen LogP contribution in [-0.2, 0) is 24.8 Å². The van der Waals surface area contributed by atoms with Crippen molar-refractivity contribution in [2.45, 2.75) is 32.0 Å². The summed E-state index contributed by atoms with van der Waals surface area (Å²) in [7, 11) is 0. The molecule has 6 nitrogen and oxygen atoms in total. The monoisotopic (exact) mass is 393 g/mol. The third kappa shape index (κ3) is 4.54. The highest BCUT2D eigenvalue weighted by atomic mass is 19.1. The fourth-order valence-electron chi connectivity index (χ4n) is 4.01. The second-order valence-electron chi connectivity index (χ2n) is 7.11. The van der Waals surface area contributed by atoms with Crippen molar-refractivity contribution >= 4 is 5.97 Å². The lowest BCUT2D eigenvalue weighted by molar-refractivity contribution is -0.214. The van der Waals surface area contributed by atoms with Crippen LogP contribution in [0.4, 0.5) is 4.39 Å². The highest BCUT2D eigenvalue weighted by Gasteiger charge is 2.46. The van der Waals surface area contributed by atoms with Gasteiger partial charge in [-0.15, -0.1) is 0 Å². The first kappa shape index (κ1) is 20.8. The number of rotatable bonds is 7. The predicted octanol–water partition coefficient (Wildman–Crippen LogP) is 3.13. The molecule has 2 fully saturated rings. The molecule has 2 saturated heterocycles. The van der Waals surface area contributed by atoms with Crippen LogP contribution >= 0.6 is 0 Å². The lowest BCUT2D eigenvalue weighted by Crippen LogP contribution is -2.44. The Bertz CT molecular complexity index is 677. The lowest BCUT2D eigenvalue weighted by atomic mass is 9.84. The van der Waals surface area contributed by atoms with Gasteiger partial charge in [0.1, 0.15) is 5.82 Å². The maximum absolute atomic E-state index is 13.3. The SMILES string of the molecule is CCOC(=O)C(=CO)CCN1CCC(C2(c3ccc(F)cc3)OCCO2)CC1. The third-order valence-electron chi connectivity index (χ3n) is 5.48. The van der Waals surface area contributed by atoms with Gasteiger partial charge >= 0.3 is 5.97 Å². The molecule has 7 heteroatoms. The molecule has 1 aromatic rings. The van der Waals surface area contributed by atoms with Gasteiger partial charge in [-0.1, -0.05) is 12.1 Å². The zero-order chi connectivity index (χ0) is 20.0. The molecule has 2 aliphatic rings. The van der Waals surface area contributed by atoms with E-state index < -0.39 is 11.8 Å². The van der Waals surface area contributed by atoms with E-state index in [0.29, 0.717) is 26.2 Å². The van der Waals surface area contributed by atoms with E-state index in [9.17, 15) is 14.3 Å². The van der Waals surface area contributed by atoms with Crippen LogP contribution in [0.15, 0.2) is 36.1 Å². The quantitative estimate of drug-likeness (QED) is 0.436. The Hall–Kier alpha value is -1.96. The van der Waals surface area contributed by atoms with Gasteiger partial charge in [-0.2, -0.15) is 0 Å². The Morgan fingerprint density at radius 1 is 1.29 bits per heavy atom. The topological polar surface area (TPSA) is 68.2 Å². The van der Waals surface area contributed by atoms with Gasteiger partial charge in [-0.05, 0) is 51.4 Å². The molecule has 0 aromatic heterocycles. The van der Waals surface area contributed by atoms with Crippen LogP contribution in [0.3, 0.4) is 0 Å². The summed E-state index contributed by atoms with van der Waals surface area (Å²) in [5.41, 5.74) is 1.15. The van der Waals surface area contributed by atoms with Crippen LogP contribution in [0.2, 0.25) is 0 Å². The van der Waals surface area contributed by atoms with Crippen molar-refractivity contribution in [1.29, 1.82) is 0 Å². The highest BCUT2D eigenvalue weighted by Crippen LogP contribution is 2.43. The number of hydrogen-bond donors (Lipinski definition) is 1. The van der Waals surface area contributed by atoms with Crippen LogP contribution in [-0.4, -0.2) is 55.4 Å². The molecule has 0 amide bonds. The summed E-state index contributed by atoms with van der Waals surface area (Å²) in [5.74, 6) is -1.38. The second-order valence-corrected chi connectivity index (χ2v) is 7.11. The number of halogens is 1. The van der Waals surface area contributed by atoms with Crippen molar-refractivity contribution in [3.63, 3.8) is 0 Å². The van der Waals surface area contributed by atoms with Crippen LogP contribution < -0.4 is 0 Å². The summed E-state index contributed by atoms with van der Waals surface area (Å²) in [5, 5.41) is 9.28. The van der Waals surface area contributed by atoms with Crippen LogP contribution in [0.25, 0.3) is 0 Å². The molecule has 0 saturated carbocycles. The van der Waals surface area contributed by atoms with Crippen LogP contribution in [0.5, 0.6) is 0 Å². The minimum Gasteiger partial charge on any atom is -0.515 e. The Labute approximate surface area is 164 Å². The molecule has 0 aliphatic carbocycles. The molecule has 0 unspecified atom stereocenters. The number of benzene rings is 1. The predicted molar refractivity (Wildman–Crippen MR) is 101 cm³/mol. The van der Waals surface area contributed by atoms with Gasteiger partial charge in [0.2, 0.25) is 0 Å². The lowest BCUT2D eigenvalue weighted by Gasteiger charge is -2.41. The number of aliphatic hydroxyl groups excluding tert-OH is 1. The average Bonchev–Trinajstić information content (AvgIpc) is 3.21. The van der Waals surface area contributed by atoms with E-state index in [1.165, 1.54) is 12.1 Å². The number of piperidine rings is 1. The van der Waals surface area contributed by atoms with Crippen molar-refractivity contribution in [3.05, 3.63) is 47.5 Å². The summed E-state index contributed by atoms with van der Waals surface area (Å²) in [4.78, 5) is 14.0. The van der Waals surface area contributed by atoms with Crippen molar-refractivity contribution in [2.24, 2.45) is 5.92 Å². The van der Waals surface area contributed by atoms with E-state index in [1.807, 2.05) is 0 Å². The van der Waals surface area contributed by atoms with Gasteiger partial charge in [0.25, 0.3) is 0 Å². The summed E-state index contributed by atoms with van der Waals surface area (Å²) in [6.07, 6.45) is 3.02. The van der Waals surface area contributed by atoms with Gasteiger partial charge in [-0.25, -0.2) is 9.18 Å². The largest absolute Gasteiger partial charge is 0.515 e. The molecule has 3 rings (SSSR count). The fourth-order valence-corrected chi connectivity index (χ4v) is 4.01. The minimum atomic E-state index is -0.805. The minimum absolute atomic E-state index is 0.176. The number of aliphatic hydroxyl groups is 1. The summed E-state index contributed by atoms with van der Waals surface area (Å²) in [6, 6.07) is 6.36. The van der Waals surface area contributed by atoms with Gasteiger partial charge < -0.3 is 24.2 Å². The number of likely N-dealkylation sites (tertiary alicyclic amines) is 1. The molecule has 154 valence electrons.